The molecule has 1 aliphatic rings. The molecule has 2 atom stereocenters. The van der Waals surface area contributed by atoms with Gasteiger partial charge in [0.2, 0.25) is 0 Å². The van der Waals surface area contributed by atoms with Crippen molar-refractivity contribution in [3.63, 3.8) is 0 Å². The summed E-state index contributed by atoms with van der Waals surface area (Å²) >= 11 is 3.54. The van der Waals surface area contributed by atoms with E-state index in [0.29, 0.717) is 13.2 Å². The molecule has 3 N–H and O–H groups in total. The third kappa shape index (κ3) is 2.59. The predicted molar refractivity (Wildman–Crippen MR) is 85.9 cm³/mol. The number of aliphatic hydroxyl groups is 1. The van der Waals surface area contributed by atoms with Crippen molar-refractivity contribution in [1.82, 2.24) is 4.98 Å². The van der Waals surface area contributed by atoms with Gasteiger partial charge in [0.25, 0.3) is 0 Å². The molecule has 2 heterocycles. The molecule has 0 bridgehead atoms. The topological polar surface area (TPSA) is 68.4 Å². The first-order chi connectivity index (χ1) is 10.2. The number of hydrogen-bond donors (Lipinski definition) is 2. The van der Waals surface area contributed by atoms with E-state index in [0.717, 1.165) is 40.4 Å². The standard InChI is InChI=1S/C16H19BrN2O2/c17-13-5-4-12(14-11(13)3-1-7-19-14)15(20)16(9-18)6-2-8-21-10-16/h1,3-5,7,15,20H,2,6,8-10,18H2. The van der Waals surface area contributed by atoms with Crippen LogP contribution in [0.2, 0.25) is 0 Å². The summed E-state index contributed by atoms with van der Waals surface area (Å²) in [6.45, 7) is 1.64. The maximum atomic E-state index is 11.0. The van der Waals surface area contributed by atoms with Gasteiger partial charge >= 0.3 is 0 Å². The number of aliphatic hydroxyl groups excluding tert-OH is 1. The number of benzene rings is 1. The number of nitrogens with zero attached hydrogens (tertiary/aromatic N) is 1. The second kappa shape index (κ2) is 6.01. The molecule has 4 nitrogen and oxygen atoms in total. The van der Waals surface area contributed by atoms with Gasteiger partial charge in [0.1, 0.15) is 0 Å². The van der Waals surface area contributed by atoms with E-state index >= 15 is 0 Å². The molecule has 0 aliphatic carbocycles. The van der Waals surface area contributed by atoms with Crippen molar-refractivity contribution in [2.24, 2.45) is 11.1 Å². The molecule has 0 saturated carbocycles. The Kier molecular flexibility index (Phi) is 4.26. The zero-order chi connectivity index (χ0) is 14.9. The van der Waals surface area contributed by atoms with Crippen molar-refractivity contribution in [2.45, 2.75) is 18.9 Å². The summed E-state index contributed by atoms with van der Waals surface area (Å²) in [5.41, 5.74) is 7.20. The molecule has 5 heteroatoms. The Morgan fingerprint density at radius 3 is 3.00 bits per heavy atom. The van der Waals surface area contributed by atoms with Crippen LogP contribution in [0.25, 0.3) is 10.9 Å². The number of aromatic nitrogens is 1. The number of halogens is 1. The van der Waals surface area contributed by atoms with E-state index in [1.807, 2.05) is 24.3 Å². The Balaban J connectivity index is 2.09. The lowest BCUT2D eigenvalue weighted by Crippen LogP contribution is -2.43. The largest absolute Gasteiger partial charge is 0.388 e. The molecule has 0 radical (unpaired) electrons. The minimum Gasteiger partial charge on any atom is -0.388 e. The van der Waals surface area contributed by atoms with Gasteiger partial charge in [0.15, 0.2) is 0 Å². The van der Waals surface area contributed by atoms with Crippen molar-refractivity contribution in [2.75, 3.05) is 19.8 Å². The zero-order valence-corrected chi connectivity index (χ0v) is 13.3. The summed E-state index contributed by atoms with van der Waals surface area (Å²) in [4.78, 5) is 4.45. The van der Waals surface area contributed by atoms with Crippen LogP contribution in [0.4, 0.5) is 0 Å². The molecule has 3 rings (SSSR count). The first-order valence-corrected chi connectivity index (χ1v) is 7.96. The summed E-state index contributed by atoms with van der Waals surface area (Å²) in [7, 11) is 0. The highest BCUT2D eigenvalue weighted by molar-refractivity contribution is 9.10. The fourth-order valence-corrected chi connectivity index (χ4v) is 3.52. The zero-order valence-electron chi connectivity index (χ0n) is 11.8. The van der Waals surface area contributed by atoms with Gasteiger partial charge < -0.3 is 15.6 Å². The van der Waals surface area contributed by atoms with E-state index in [1.165, 1.54) is 0 Å². The normalized spacial score (nSPS) is 24.1. The molecule has 2 unspecified atom stereocenters. The lowest BCUT2D eigenvalue weighted by Gasteiger charge is -2.40. The van der Waals surface area contributed by atoms with Crippen LogP contribution >= 0.6 is 15.9 Å². The molecule has 2 aromatic rings. The second-order valence-corrected chi connectivity index (χ2v) is 6.52. The van der Waals surface area contributed by atoms with Crippen molar-refractivity contribution in [3.8, 4) is 0 Å². The van der Waals surface area contributed by atoms with Gasteiger partial charge in [-0.15, -0.1) is 0 Å². The number of fused-ring (bicyclic) bond motifs is 1. The third-order valence-corrected chi connectivity index (χ3v) is 5.07. The number of nitrogens with two attached hydrogens (primary N) is 1. The molecule has 1 aromatic carbocycles. The van der Waals surface area contributed by atoms with Gasteiger partial charge in [-0.3, -0.25) is 4.98 Å². The molecule has 21 heavy (non-hydrogen) atoms. The van der Waals surface area contributed by atoms with Crippen LogP contribution in [0.15, 0.2) is 34.9 Å². The highest BCUT2D eigenvalue weighted by atomic mass is 79.9. The number of rotatable bonds is 3. The SMILES string of the molecule is NCC1(C(O)c2ccc(Br)c3cccnc23)CCCOC1. The van der Waals surface area contributed by atoms with E-state index < -0.39 is 11.5 Å². The van der Waals surface area contributed by atoms with Crippen LogP contribution in [-0.2, 0) is 4.74 Å². The van der Waals surface area contributed by atoms with E-state index in [4.69, 9.17) is 10.5 Å². The Morgan fingerprint density at radius 1 is 1.43 bits per heavy atom. The highest BCUT2D eigenvalue weighted by Gasteiger charge is 2.40. The molecule has 1 saturated heterocycles. The van der Waals surface area contributed by atoms with Crippen LogP contribution in [0.1, 0.15) is 24.5 Å². The minimum atomic E-state index is -0.673. The first kappa shape index (κ1) is 14.9. The maximum absolute atomic E-state index is 11.0. The Hall–Kier alpha value is -1.01. The van der Waals surface area contributed by atoms with Crippen LogP contribution in [0.5, 0.6) is 0 Å². The van der Waals surface area contributed by atoms with Gasteiger partial charge in [-0.2, -0.15) is 0 Å². The second-order valence-electron chi connectivity index (χ2n) is 5.66. The molecular weight excluding hydrogens is 332 g/mol. The molecule has 1 fully saturated rings. The number of hydrogen-bond acceptors (Lipinski definition) is 4. The third-order valence-electron chi connectivity index (χ3n) is 4.38. The first-order valence-electron chi connectivity index (χ1n) is 7.17. The number of pyridine rings is 1. The molecule has 112 valence electrons. The van der Waals surface area contributed by atoms with Gasteiger partial charge in [-0.25, -0.2) is 0 Å². The van der Waals surface area contributed by atoms with Gasteiger partial charge in [-0.05, 0) is 25.0 Å². The molecule has 1 aromatic heterocycles. The van der Waals surface area contributed by atoms with Gasteiger partial charge in [0, 0.05) is 40.2 Å². The van der Waals surface area contributed by atoms with E-state index in [-0.39, 0.29) is 0 Å². The summed E-state index contributed by atoms with van der Waals surface area (Å²) in [5.74, 6) is 0. The summed E-state index contributed by atoms with van der Waals surface area (Å²) in [5, 5.41) is 12.0. The van der Waals surface area contributed by atoms with Gasteiger partial charge in [-0.1, -0.05) is 28.1 Å². The van der Waals surface area contributed by atoms with Crippen molar-refractivity contribution >= 4 is 26.8 Å². The lowest BCUT2D eigenvalue weighted by molar-refractivity contribution is -0.0777. The van der Waals surface area contributed by atoms with Crippen LogP contribution in [0.3, 0.4) is 0 Å². The molecule has 0 amide bonds. The van der Waals surface area contributed by atoms with Gasteiger partial charge in [0.05, 0.1) is 18.2 Å². The van der Waals surface area contributed by atoms with E-state index in [2.05, 4.69) is 20.9 Å². The molecular formula is C16H19BrN2O2. The fourth-order valence-electron chi connectivity index (χ4n) is 3.07. The smallest absolute Gasteiger partial charge is 0.0901 e. The van der Waals surface area contributed by atoms with E-state index in [9.17, 15) is 5.11 Å². The van der Waals surface area contributed by atoms with Crippen molar-refractivity contribution in [1.29, 1.82) is 0 Å². The minimum absolute atomic E-state index is 0.401. The van der Waals surface area contributed by atoms with Crippen molar-refractivity contribution < 1.29 is 9.84 Å². The quantitative estimate of drug-likeness (QED) is 0.892. The highest BCUT2D eigenvalue weighted by Crippen LogP contribution is 2.42. The van der Waals surface area contributed by atoms with Crippen LogP contribution < -0.4 is 5.73 Å². The Labute approximate surface area is 132 Å². The van der Waals surface area contributed by atoms with Crippen molar-refractivity contribution in [3.05, 3.63) is 40.5 Å². The Morgan fingerprint density at radius 2 is 2.29 bits per heavy atom. The van der Waals surface area contributed by atoms with Crippen LogP contribution in [-0.4, -0.2) is 29.8 Å². The average Bonchev–Trinajstić information content (AvgIpc) is 2.55. The lowest BCUT2D eigenvalue weighted by atomic mass is 9.74. The molecule has 1 aliphatic heterocycles. The number of ether oxygens (including phenoxy) is 1. The summed E-state index contributed by atoms with van der Waals surface area (Å²) < 4.78 is 6.56. The van der Waals surface area contributed by atoms with Crippen LogP contribution in [0, 0.1) is 5.41 Å². The maximum Gasteiger partial charge on any atom is 0.0901 e. The average molecular weight is 351 g/mol. The summed E-state index contributed by atoms with van der Waals surface area (Å²) in [6.07, 6.45) is 2.87. The Bertz CT molecular complexity index is 641. The van der Waals surface area contributed by atoms with E-state index in [1.54, 1.807) is 6.20 Å². The summed E-state index contributed by atoms with van der Waals surface area (Å²) in [6, 6.07) is 7.77. The fraction of sp³-hybridized carbons (Fsp3) is 0.438. The predicted octanol–water partition coefficient (Wildman–Crippen LogP) is 2.79. The molecule has 0 spiro atoms. The monoisotopic (exact) mass is 350 g/mol.